The lowest BCUT2D eigenvalue weighted by atomic mass is 10.2. The van der Waals surface area contributed by atoms with Crippen LogP contribution in [0, 0.1) is 5.92 Å². The largest absolute Gasteiger partial charge is 0.481 e. The molecule has 1 unspecified atom stereocenters. The third kappa shape index (κ3) is 2.05. The van der Waals surface area contributed by atoms with Crippen LogP contribution in [0.5, 0.6) is 5.88 Å². The quantitative estimate of drug-likeness (QED) is 0.828. The predicted molar refractivity (Wildman–Crippen MR) is 66.3 cm³/mol. The Labute approximate surface area is 96.6 Å². The van der Waals surface area contributed by atoms with Gasteiger partial charge in [-0.25, -0.2) is 0 Å². The summed E-state index contributed by atoms with van der Waals surface area (Å²) < 4.78 is 5.18. The maximum absolute atomic E-state index is 5.18. The number of pyridine rings is 1. The molecular formula is C12H19N3O. The lowest BCUT2D eigenvalue weighted by Crippen LogP contribution is -2.28. The fraction of sp³-hybridized carbons (Fsp3) is 0.583. The van der Waals surface area contributed by atoms with E-state index >= 15 is 0 Å². The van der Waals surface area contributed by atoms with Crippen molar-refractivity contribution in [2.24, 2.45) is 5.92 Å². The normalized spacial score (nSPS) is 19.7. The summed E-state index contributed by atoms with van der Waals surface area (Å²) in [4.78, 5) is 6.81. The molecule has 1 aliphatic heterocycles. The monoisotopic (exact) mass is 221 g/mol. The molecular weight excluding hydrogens is 202 g/mol. The molecule has 2 heterocycles. The van der Waals surface area contributed by atoms with Gasteiger partial charge in [0.2, 0.25) is 5.88 Å². The van der Waals surface area contributed by atoms with E-state index < -0.39 is 0 Å². The maximum atomic E-state index is 5.18. The summed E-state index contributed by atoms with van der Waals surface area (Å²) in [5, 5.41) is 3.43. The molecule has 4 heteroatoms. The van der Waals surface area contributed by atoms with Crippen molar-refractivity contribution >= 4 is 11.5 Å². The second kappa shape index (κ2) is 4.60. The lowest BCUT2D eigenvalue weighted by Gasteiger charge is -2.23. The molecule has 0 radical (unpaired) electrons. The number of nitrogens with zero attached hydrogens (tertiary/aromatic N) is 2. The van der Waals surface area contributed by atoms with Crippen LogP contribution in [0.15, 0.2) is 12.1 Å². The molecule has 1 N–H and O–H groups in total. The van der Waals surface area contributed by atoms with Crippen molar-refractivity contribution < 1.29 is 4.74 Å². The fourth-order valence-electron chi connectivity index (χ4n) is 2.01. The Morgan fingerprint density at radius 1 is 1.56 bits per heavy atom. The van der Waals surface area contributed by atoms with E-state index in [0.717, 1.165) is 31.1 Å². The Morgan fingerprint density at radius 3 is 3.06 bits per heavy atom. The van der Waals surface area contributed by atoms with E-state index in [4.69, 9.17) is 4.74 Å². The van der Waals surface area contributed by atoms with Crippen LogP contribution in [-0.4, -0.2) is 31.7 Å². The van der Waals surface area contributed by atoms with E-state index in [1.807, 2.05) is 12.1 Å². The Morgan fingerprint density at radius 2 is 2.38 bits per heavy atom. The lowest BCUT2D eigenvalue weighted by molar-refractivity contribution is 0.398. The van der Waals surface area contributed by atoms with Gasteiger partial charge < -0.3 is 15.0 Å². The number of fused-ring (bicyclic) bond motifs is 1. The number of hydrogen-bond acceptors (Lipinski definition) is 4. The van der Waals surface area contributed by atoms with Gasteiger partial charge in [-0.15, -0.1) is 0 Å². The number of nitrogens with one attached hydrogen (secondary N) is 1. The van der Waals surface area contributed by atoms with Gasteiger partial charge in [0.05, 0.1) is 12.8 Å². The van der Waals surface area contributed by atoms with Crippen LogP contribution in [0.25, 0.3) is 0 Å². The third-order valence-electron chi connectivity index (χ3n) is 2.91. The van der Waals surface area contributed by atoms with Gasteiger partial charge in [-0.05, 0) is 18.9 Å². The van der Waals surface area contributed by atoms with Gasteiger partial charge in [0, 0.05) is 25.7 Å². The van der Waals surface area contributed by atoms with Gasteiger partial charge in [0.1, 0.15) is 0 Å². The van der Waals surface area contributed by atoms with Gasteiger partial charge in [-0.2, -0.15) is 4.98 Å². The molecule has 1 aromatic heterocycles. The number of anilines is 2. The first-order valence-electron chi connectivity index (χ1n) is 5.78. The van der Waals surface area contributed by atoms with Gasteiger partial charge in [-0.1, -0.05) is 6.92 Å². The molecule has 1 aromatic rings. The van der Waals surface area contributed by atoms with Crippen LogP contribution in [-0.2, 0) is 0 Å². The Hall–Kier alpha value is -1.45. The highest BCUT2D eigenvalue weighted by Gasteiger charge is 2.19. The number of hydrogen-bond donors (Lipinski definition) is 1. The average Bonchev–Trinajstić information content (AvgIpc) is 2.48. The van der Waals surface area contributed by atoms with E-state index in [2.05, 4.69) is 29.0 Å². The summed E-state index contributed by atoms with van der Waals surface area (Å²) in [5.74, 6) is 2.31. The Kier molecular flexibility index (Phi) is 3.17. The van der Waals surface area contributed by atoms with Gasteiger partial charge in [0.15, 0.2) is 5.82 Å². The summed E-state index contributed by atoms with van der Waals surface area (Å²) in [5.41, 5.74) is 1.10. The minimum absolute atomic E-state index is 0.625. The van der Waals surface area contributed by atoms with E-state index in [0.29, 0.717) is 11.8 Å². The van der Waals surface area contributed by atoms with E-state index in [-0.39, 0.29) is 0 Å². The molecule has 0 saturated carbocycles. The number of rotatable bonds is 2. The second-order valence-electron chi connectivity index (χ2n) is 4.25. The van der Waals surface area contributed by atoms with Crippen LogP contribution in [0.1, 0.15) is 13.8 Å². The van der Waals surface area contributed by atoms with Crippen LogP contribution in [0.3, 0.4) is 0 Å². The van der Waals surface area contributed by atoms with Crippen molar-refractivity contribution in [3.05, 3.63) is 12.1 Å². The Balaban J connectivity index is 2.37. The first-order valence-corrected chi connectivity index (χ1v) is 5.78. The van der Waals surface area contributed by atoms with Crippen molar-refractivity contribution in [2.75, 3.05) is 37.0 Å². The predicted octanol–water partition coefficient (Wildman–Crippen LogP) is 1.98. The zero-order chi connectivity index (χ0) is 11.5. The van der Waals surface area contributed by atoms with Gasteiger partial charge in [0.25, 0.3) is 0 Å². The molecule has 0 aliphatic carbocycles. The molecule has 0 saturated heterocycles. The molecule has 0 aromatic carbocycles. The molecule has 0 amide bonds. The standard InChI is InChI=1S/C12H19N3O/c1-4-15-8-9(2)7-13-10-5-6-11(16-3)14-12(10)15/h5-6,9,13H,4,7-8H2,1-3H3. The van der Waals surface area contributed by atoms with Crippen molar-refractivity contribution in [1.82, 2.24) is 4.98 Å². The van der Waals surface area contributed by atoms with Gasteiger partial charge in [-0.3, -0.25) is 0 Å². The fourth-order valence-corrected chi connectivity index (χ4v) is 2.01. The average molecular weight is 221 g/mol. The molecule has 1 atom stereocenters. The summed E-state index contributed by atoms with van der Waals surface area (Å²) in [6, 6.07) is 3.94. The number of aromatic nitrogens is 1. The third-order valence-corrected chi connectivity index (χ3v) is 2.91. The summed E-state index contributed by atoms with van der Waals surface area (Å²) in [6.07, 6.45) is 0. The molecule has 0 bridgehead atoms. The summed E-state index contributed by atoms with van der Waals surface area (Å²) in [6.45, 7) is 7.41. The van der Waals surface area contributed by atoms with E-state index in [9.17, 15) is 0 Å². The van der Waals surface area contributed by atoms with Crippen molar-refractivity contribution in [3.63, 3.8) is 0 Å². The van der Waals surface area contributed by atoms with Crippen LogP contribution < -0.4 is 15.0 Å². The van der Waals surface area contributed by atoms with Crippen molar-refractivity contribution in [1.29, 1.82) is 0 Å². The zero-order valence-electron chi connectivity index (χ0n) is 10.2. The molecule has 16 heavy (non-hydrogen) atoms. The summed E-state index contributed by atoms with van der Waals surface area (Å²) in [7, 11) is 1.65. The van der Waals surface area contributed by atoms with Crippen molar-refractivity contribution in [2.45, 2.75) is 13.8 Å². The molecule has 4 nitrogen and oxygen atoms in total. The van der Waals surface area contributed by atoms with Crippen LogP contribution in [0.2, 0.25) is 0 Å². The molecule has 0 fully saturated rings. The Bertz CT molecular complexity index is 367. The first kappa shape index (κ1) is 11.0. The molecule has 2 rings (SSSR count). The van der Waals surface area contributed by atoms with Crippen molar-refractivity contribution in [3.8, 4) is 5.88 Å². The van der Waals surface area contributed by atoms with Crippen LogP contribution in [0.4, 0.5) is 11.5 Å². The zero-order valence-corrected chi connectivity index (χ0v) is 10.2. The smallest absolute Gasteiger partial charge is 0.215 e. The molecule has 1 aliphatic rings. The number of methoxy groups -OCH3 is 1. The van der Waals surface area contributed by atoms with E-state index in [1.165, 1.54) is 0 Å². The second-order valence-corrected chi connectivity index (χ2v) is 4.25. The minimum Gasteiger partial charge on any atom is -0.481 e. The molecule has 88 valence electrons. The summed E-state index contributed by atoms with van der Waals surface area (Å²) >= 11 is 0. The number of ether oxygens (including phenoxy) is 1. The highest BCUT2D eigenvalue weighted by atomic mass is 16.5. The SMILES string of the molecule is CCN1CC(C)CNc2ccc(OC)nc21. The van der Waals surface area contributed by atoms with E-state index in [1.54, 1.807) is 7.11 Å². The van der Waals surface area contributed by atoms with Crippen LogP contribution >= 0.6 is 0 Å². The first-order chi connectivity index (χ1) is 7.74. The highest BCUT2D eigenvalue weighted by molar-refractivity contribution is 5.67. The molecule has 0 spiro atoms. The minimum atomic E-state index is 0.625. The van der Waals surface area contributed by atoms with Gasteiger partial charge >= 0.3 is 0 Å². The topological polar surface area (TPSA) is 37.4 Å². The highest BCUT2D eigenvalue weighted by Crippen LogP contribution is 2.29. The maximum Gasteiger partial charge on any atom is 0.215 e.